The van der Waals surface area contributed by atoms with Gasteiger partial charge in [-0.05, 0) is 23.6 Å². The molecule has 2 N–H and O–H groups in total. The Morgan fingerprint density at radius 2 is 1.74 bits per heavy atom. The summed E-state index contributed by atoms with van der Waals surface area (Å²) in [6.45, 7) is 0. The first kappa shape index (κ1) is 20.9. The number of benzene rings is 2. The van der Waals surface area contributed by atoms with Crippen molar-refractivity contribution >= 4 is 44.0 Å². The van der Waals surface area contributed by atoms with E-state index >= 15 is 0 Å². The van der Waals surface area contributed by atoms with Gasteiger partial charge in [0.1, 0.15) is 5.69 Å². The minimum absolute atomic E-state index is 0. The van der Waals surface area contributed by atoms with Gasteiger partial charge in [-0.3, -0.25) is 9.35 Å². The number of nitrogens with zero attached hydrogens (tertiary/aromatic N) is 2. The third kappa shape index (κ3) is 4.13. The first-order valence-electron chi connectivity index (χ1n) is 6.90. The van der Waals surface area contributed by atoms with E-state index in [4.69, 9.17) is 16.2 Å². The van der Waals surface area contributed by atoms with Gasteiger partial charge in [-0.25, -0.2) is 0 Å². The van der Waals surface area contributed by atoms with Crippen molar-refractivity contribution < 1.29 is 40.5 Å². The zero-order chi connectivity index (χ0) is 19.1. The molecular weight excluding hydrogens is 438 g/mol. The molecule has 0 aliphatic carbocycles. The summed E-state index contributed by atoms with van der Waals surface area (Å²) >= 11 is 5.70. The topological polar surface area (TPSA) is 158 Å². The third-order valence-corrected chi connectivity index (χ3v) is 4.46. The van der Waals surface area contributed by atoms with Gasteiger partial charge in [0, 0.05) is 10.5 Å². The van der Waals surface area contributed by atoms with Crippen LogP contribution < -0.4 is 15.8 Å². The van der Waals surface area contributed by atoms with E-state index in [9.17, 15) is 23.4 Å². The molecule has 0 aliphatic rings. The van der Waals surface area contributed by atoms with Crippen LogP contribution in [0.5, 0.6) is 11.5 Å². The zero-order valence-corrected chi connectivity index (χ0v) is 15.9. The Kier molecular flexibility index (Phi) is 5.94. The van der Waals surface area contributed by atoms with E-state index < -0.39 is 43.4 Å². The van der Waals surface area contributed by atoms with Gasteiger partial charge in [0.2, 0.25) is 0 Å². The Labute approximate surface area is 167 Å². The van der Waals surface area contributed by atoms with E-state index in [-0.39, 0.29) is 27.8 Å². The molecule has 9 nitrogen and oxygen atoms in total. The number of halogens is 1. The molecule has 0 amide bonds. The normalized spacial score (nSPS) is 11.6. The van der Waals surface area contributed by atoms with Gasteiger partial charge in [0.25, 0.3) is 15.7 Å². The molecule has 12 heteroatoms. The minimum atomic E-state index is -4.83. The van der Waals surface area contributed by atoms with Crippen molar-refractivity contribution in [1.29, 1.82) is 0 Å². The maximum atomic E-state index is 12.3. The summed E-state index contributed by atoms with van der Waals surface area (Å²) in [6.07, 6.45) is 0. The van der Waals surface area contributed by atoms with E-state index in [1.165, 1.54) is 12.1 Å². The summed E-state index contributed by atoms with van der Waals surface area (Å²) in [5.41, 5.74) is -1.67. The van der Waals surface area contributed by atoms with Crippen LogP contribution in [0.2, 0.25) is 5.02 Å². The molecule has 0 unspecified atom stereocenters. The zero-order valence-electron chi connectivity index (χ0n) is 13.0. The van der Waals surface area contributed by atoms with Crippen LogP contribution in [0.15, 0.2) is 56.3 Å². The number of fused-ring (bicyclic) bond motifs is 1. The average Bonchev–Trinajstić information content (AvgIpc) is 2.56. The quantitative estimate of drug-likeness (QED) is 0.463. The first-order valence-corrected chi connectivity index (χ1v) is 8.72. The summed E-state index contributed by atoms with van der Waals surface area (Å²) in [5, 5.41) is 31.3. The average molecular weight is 446 g/mol. The number of para-hydroxylation sites is 1. The Morgan fingerprint density at radius 1 is 1.07 bits per heavy atom. The Bertz CT molecular complexity index is 1230. The Morgan fingerprint density at radius 3 is 2.41 bits per heavy atom. The van der Waals surface area contributed by atoms with Crippen molar-refractivity contribution in [2.75, 3.05) is 0 Å². The van der Waals surface area contributed by atoms with Gasteiger partial charge in [0.15, 0.2) is 0 Å². The molecule has 2 aromatic carbocycles. The molecule has 1 aromatic heterocycles. The number of azo groups is 1. The first-order chi connectivity index (χ1) is 12.2. The number of hydrogen-bond acceptors (Lipinski definition) is 7. The number of rotatable bonds is 3. The molecule has 0 fully saturated rings. The molecule has 1 heterocycles. The van der Waals surface area contributed by atoms with Crippen molar-refractivity contribution in [1.82, 2.24) is 4.98 Å². The summed E-state index contributed by atoms with van der Waals surface area (Å²) < 4.78 is 31.5. The maximum absolute atomic E-state index is 12.3. The van der Waals surface area contributed by atoms with Crippen LogP contribution in [0, 0.1) is 0 Å². The van der Waals surface area contributed by atoms with Gasteiger partial charge >= 0.3 is 17.4 Å². The number of hydrogen-bond donors (Lipinski definition) is 2. The number of H-pyrrole nitrogens is 1. The van der Waals surface area contributed by atoms with Crippen LogP contribution >= 0.6 is 11.6 Å². The minimum Gasteiger partial charge on any atom is -0.870 e. The van der Waals surface area contributed by atoms with Crippen molar-refractivity contribution in [3.63, 3.8) is 0 Å². The molecule has 138 valence electrons. The van der Waals surface area contributed by atoms with Crippen molar-refractivity contribution in [2.45, 2.75) is 4.90 Å². The van der Waals surface area contributed by atoms with E-state index in [0.717, 1.165) is 12.1 Å². The summed E-state index contributed by atoms with van der Waals surface area (Å²) in [7, 11) is -4.83. The molecule has 0 radical (unpaired) electrons. The largest absolute Gasteiger partial charge is 2.00 e. The molecule has 27 heavy (non-hydrogen) atoms. The second kappa shape index (κ2) is 7.68. The molecule has 0 aliphatic heterocycles. The Hall–Kier alpha value is -2.42. The summed E-state index contributed by atoms with van der Waals surface area (Å²) in [4.78, 5) is 13.5. The van der Waals surface area contributed by atoms with Crippen molar-refractivity contribution in [3.8, 4) is 11.5 Å². The van der Waals surface area contributed by atoms with Crippen LogP contribution in [-0.4, -0.2) is 18.0 Å². The fraction of sp³-hybridized carbons (Fsp3) is 0. The molecular formula is C15H8ClCrN3O6S. The second-order valence-corrected chi connectivity index (χ2v) is 6.93. The molecule has 3 rings (SSSR count). The van der Waals surface area contributed by atoms with Crippen LogP contribution in [-0.2, 0) is 27.5 Å². The van der Waals surface area contributed by atoms with Gasteiger partial charge in [-0.1, -0.05) is 41.3 Å². The van der Waals surface area contributed by atoms with E-state index in [0.29, 0.717) is 5.52 Å². The van der Waals surface area contributed by atoms with E-state index in [1.54, 1.807) is 12.1 Å². The standard InChI is InChI=1S/C15H10ClN3O6S.Cr/c16-7-5-10(14(21)11(6-7)26(23,24)25)18-19-12-13(20)8-3-1-2-4-9(8)17-15(12)22;/h1-6,21H,(H2,17,20,22)(H,23,24,25);/q;+2/p-2. The molecule has 0 saturated carbocycles. The third-order valence-electron chi connectivity index (χ3n) is 3.39. The SMILES string of the molecule is O=c1[nH]c2ccccc2c([O-])c1N=Nc1cc(Cl)cc(S(=O)(=O)O)c1[O-].[Cr+2]. The predicted molar refractivity (Wildman–Crippen MR) is 88.9 cm³/mol. The number of pyridine rings is 1. The monoisotopic (exact) mass is 445 g/mol. The number of nitrogens with one attached hydrogen (secondary N) is 1. The summed E-state index contributed by atoms with van der Waals surface area (Å²) in [6, 6.07) is 7.97. The van der Waals surface area contributed by atoms with Gasteiger partial charge in [0.05, 0.1) is 10.6 Å². The molecule has 3 aromatic rings. The molecule has 0 atom stereocenters. The smallest absolute Gasteiger partial charge is 0.870 e. The number of aromatic nitrogens is 1. The van der Waals surface area contributed by atoms with Crippen molar-refractivity contribution in [2.24, 2.45) is 10.2 Å². The predicted octanol–water partition coefficient (Wildman–Crippen LogP) is 1.99. The van der Waals surface area contributed by atoms with Crippen LogP contribution in [0.25, 0.3) is 10.9 Å². The molecule has 0 spiro atoms. The van der Waals surface area contributed by atoms with E-state index in [2.05, 4.69) is 15.2 Å². The molecule has 0 saturated heterocycles. The fourth-order valence-electron chi connectivity index (χ4n) is 2.22. The van der Waals surface area contributed by atoms with Crippen LogP contribution in [0.1, 0.15) is 0 Å². The van der Waals surface area contributed by atoms with Crippen LogP contribution in [0.3, 0.4) is 0 Å². The van der Waals surface area contributed by atoms with E-state index in [1.807, 2.05) is 0 Å². The number of aromatic amines is 1. The Balaban J connectivity index is 0.00000261. The van der Waals surface area contributed by atoms with Crippen molar-refractivity contribution in [3.05, 3.63) is 51.8 Å². The van der Waals surface area contributed by atoms with Crippen LogP contribution in [0.4, 0.5) is 11.4 Å². The van der Waals surface area contributed by atoms with Gasteiger partial charge in [-0.15, -0.1) is 5.11 Å². The summed E-state index contributed by atoms with van der Waals surface area (Å²) in [5.74, 6) is -1.89. The van der Waals surface area contributed by atoms with Gasteiger partial charge in [-0.2, -0.15) is 13.5 Å². The van der Waals surface area contributed by atoms with Gasteiger partial charge < -0.3 is 15.2 Å². The maximum Gasteiger partial charge on any atom is 2.00 e. The second-order valence-electron chi connectivity index (χ2n) is 5.10. The fourth-order valence-corrected chi connectivity index (χ4v) is 3.11. The molecule has 0 bridgehead atoms.